The first kappa shape index (κ1) is 20.5. The standard InChI is InChI=1S/C20H20N6O5S/c1-11-6-14(25-7-12(8-25)18(28)24-2-4-31-5-3-24)23-17-15(11)16(27)13(19(29)30)9-26(17)20-21-10-22-32-20/h6,9-10,12H,2-5,7-8H2,1H3,(H,29,30). The summed E-state index contributed by atoms with van der Waals surface area (Å²) in [6.07, 6.45) is 2.60. The lowest BCUT2D eigenvalue weighted by Crippen LogP contribution is -2.56. The first-order chi connectivity index (χ1) is 15.4. The Labute approximate surface area is 186 Å². The van der Waals surface area contributed by atoms with Crippen LogP contribution in [0.3, 0.4) is 0 Å². The highest BCUT2D eigenvalue weighted by atomic mass is 32.1. The molecule has 0 unspecified atom stereocenters. The number of fused-ring (bicyclic) bond motifs is 1. The smallest absolute Gasteiger partial charge is 0.341 e. The number of rotatable bonds is 4. The molecule has 5 rings (SSSR count). The molecule has 3 aromatic heterocycles. The van der Waals surface area contributed by atoms with E-state index in [4.69, 9.17) is 4.74 Å². The van der Waals surface area contributed by atoms with Crippen LogP contribution in [0.5, 0.6) is 0 Å². The number of carboxylic acids is 1. The van der Waals surface area contributed by atoms with E-state index in [-0.39, 0.29) is 22.8 Å². The van der Waals surface area contributed by atoms with Crippen LogP contribution in [0, 0.1) is 12.8 Å². The second-order valence-corrected chi connectivity index (χ2v) is 8.56. The molecule has 1 N–H and O–H groups in total. The van der Waals surface area contributed by atoms with E-state index < -0.39 is 11.4 Å². The Morgan fingerprint density at radius 1 is 1.25 bits per heavy atom. The zero-order chi connectivity index (χ0) is 22.4. The Morgan fingerprint density at radius 2 is 2.00 bits per heavy atom. The van der Waals surface area contributed by atoms with Gasteiger partial charge in [-0.1, -0.05) is 0 Å². The summed E-state index contributed by atoms with van der Waals surface area (Å²) in [6, 6.07) is 1.76. The van der Waals surface area contributed by atoms with Crippen LogP contribution in [0.25, 0.3) is 16.2 Å². The Balaban J connectivity index is 1.50. The van der Waals surface area contributed by atoms with Crippen LogP contribution in [0.1, 0.15) is 15.9 Å². The Kier molecular flexibility index (Phi) is 5.10. The van der Waals surface area contributed by atoms with E-state index >= 15 is 0 Å². The highest BCUT2D eigenvalue weighted by Gasteiger charge is 2.37. The maximum Gasteiger partial charge on any atom is 0.341 e. The number of aromatic carboxylic acids is 1. The molecule has 0 aliphatic carbocycles. The number of pyridine rings is 2. The molecule has 12 heteroatoms. The second kappa shape index (κ2) is 7.95. The van der Waals surface area contributed by atoms with Gasteiger partial charge in [-0.2, -0.15) is 4.37 Å². The summed E-state index contributed by atoms with van der Waals surface area (Å²) in [6.45, 7) is 5.17. The normalized spacial score (nSPS) is 16.9. The monoisotopic (exact) mass is 456 g/mol. The van der Waals surface area contributed by atoms with Gasteiger partial charge in [0.05, 0.1) is 24.5 Å². The van der Waals surface area contributed by atoms with Crippen LogP contribution in [0.4, 0.5) is 5.82 Å². The van der Waals surface area contributed by atoms with Gasteiger partial charge in [-0.25, -0.2) is 14.8 Å². The predicted octanol–water partition coefficient (Wildman–Crippen LogP) is 0.539. The molecule has 0 atom stereocenters. The summed E-state index contributed by atoms with van der Waals surface area (Å²) in [5.41, 5.74) is -0.0201. The second-order valence-electron chi connectivity index (χ2n) is 7.81. The van der Waals surface area contributed by atoms with Crippen LogP contribution >= 0.6 is 11.5 Å². The van der Waals surface area contributed by atoms with Gasteiger partial charge in [0.1, 0.15) is 17.7 Å². The zero-order valence-electron chi connectivity index (χ0n) is 17.2. The molecule has 32 heavy (non-hydrogen) atoms. The number of morpholine rings is 1. The maximum absolute atomic E-state index is 12.9. The van der Waals surface area contributed by atoms with Gasteiger partial charge in [0.2, 0.25) is 16.5 Å². The van der Waals surface area contributed by atoms with Gasteiger partial charge in [0.15, 0.2) is 5.65 Å². The van der Waals surface area contributed by atoms with E-state index in [1.807, 2.05) is 9.80 Å². The molecule has 0 saturated carbocycles. The zero-order valence-corrected chi connectivity index (χ0v) is 18.0. The predicted molar refractivity (Wildman–Crippen MR) is 116 cm³/mol. The summed E-state index contributed by atoms with van der Waals surface area (Å²) in [4.78, 5) is 49.8. The van der Waals surface area contributed by atoms with E-state index in [2.05, 4.69) is 14.3 Å². The fraction of sp³-hybridized carbons (Fsp3) is 0.400. The van der Waals surface area contributed by atoms with E-state index in [1.165, 1.54) is 17.1 Å². The fourth-order valence-electron chi connectivity index (χ4n) is 4.07. The van der Waals surface area contributed by atoms with Crippen molar-refractivity contribution < 1.29 is 19.4 Å². The average Bonchev–Trinajstić information content (AvgIpc) is 3.27. The summed E-state index contributed by atoms with van der Waals surface area (Å²) in [7, 11) is 0. The number of nitrogens with zero attached hydrogens (tertiary/aromatic N) is 6. The number of carbonyl (C=O) groups excluding carboxylic acids is 1. The number of carboxylic acid groups (broad SMARTS) is 1. The first-order valence-corrected chi connectivity index (χ1v) is 10.9. The SMILES string of the molecule is Cc1cc(N2CC(C(=O)N3CCOCC3)C2)nc2c1c(=O)c(C(=O)O)cn2-c1ncns1. The van der Waals surface area contributed by atoms with Crippen molar-refractivity contribution in [2.45, 2.75) is 6.92 Å². The lowest BCUT2D eigenvalue weighted by atomic mass is 9.97. The summed E-state index contributed by atoms with van der Waals surface area (Å²) >= 11 is 1.07. The molecular formula is C20H20N6O5S. The highest BCUT2D eigenvalue weighted by Crippen LogP contribution is 2.29. The van der Waals surface area contributed by atoms with Crippen molar-refractivity contribution in [3.05, 3.63) is 39.9 Å². The van der Waals surface area contributed by atoms with Gasteiger partial charge in [-0.3, -0.25) is 14.2 Å². The van der Waals surface area contributed by atoms with E-state index in [0.717, 1.165) is 11.5 Å². The van der Waals surface area contributed by atoms with Gasteiger partial charge in [0, 0.05) is 43.9 Å². The van der Waals surface area contributed by atoms with Gasteiger partial charge < -0.3 is 19.6 Å². The van der Waals surface area contributed by atoms with Gasteiger partial charge in [-0.05, 0) is 18.6 Å². The third-order valence-corrected chi connectivity index (χ3v) is 6.47. The number of hydrogen-bond donors (Lipinski definition) is 1. The molecule has 0 aromatic carbocycles. The van der Waals surface area contributed by atoms with Crippen molar-refractivity contribution in [1.82, 2.24) is 23.8 Å². The molecule has 2 aliphatic rings. The van der Waals surface area contributed by atoms with Crippen molar-refractivity contribution in [1.29, 1.82) is 0 Å². The highest BCUT2D eigenvalue weighted by molar-refractivity contribution is 7.08. The summed E-state index contributed by atoms with van der Waals surface area (Å²) in [5, 5.41) is 10.1. The Morgan fingerprint density at radius 3 is 2.66 bits per heavy atom. The largest absolute Gasteiger partial charge is 0.477 e. The minimum Gasteiger partial charge on any atom is -0.477 e. The quantitative estimate of drug-likeness (QED) is 0.597. The van der Waals surface area contributed by atoms with Crippen LogP contribution in [0.2, 0.25) is 0 Å². The van der Waals surface area contributed by atoms with Crippen molar-refractivity contribution >= 4 is 40.3 Å². The number of hydrogen-bond acceptors (Lipinski definition) is 9. The number of carbonyl (C=O) groups is 2. The third-order valence-electron chi connectivity index (χ3n) is 5.81. The number of ether oxygens (including phenoxy) is 1. The fourth-order valence-corrected chi connectivity index (χ4v) is 4.58. The van der Waals surface area contributed by atoms with E-state index in [1.54, 1.807) is 13.0 Å². The van der Waals surface area contributed by atoms with E-state index in [9.17, 15) is 19.5 Å². The third kappa shape index (κ3) is 3.41. The molecular weight excluding hydrogens is 436 g/mol. The minimum atomic E-state index is -1.31. The molecule has 0 bridgehead atoms. The number of amides is 1. The van der Waals surface area contributed by atoms with Crippen LogP contribution in [-0.2, 0) is 9.53 Å². The molecule has 5 heterocycles. The lowest BCUT2D eigenvalue weighted by molar-refractivity contribution is -0.140. The van der Waals surface area contributed by atoms with Gasteiger partial charge >= 0.3 is 5.97 Å². The maximum atomic E-state index is 12.9. The van der Waals surface area contributed by atoms with Crippen molar-refractivity contribution in [3.63, 3.8) is 0 Å². The molecule has 0 spiro atoms. The molecule has 166 valence electrons. The van der Waals surface area contributed by atoms with Crippen molar-refractivity contribution in [3.8, 4) is 5.13 Å². The minimum absolute atomic E-state index is 0.106. The molecule has 2 fully saturated rings. The molecule has 2 saturated heterocycles. The van der Waals surface area contributed by atoms with Crippen LogP contribution < -0.4 is 10.3 Å². The molecule has 0 radical (unpaired) electrons. The number of aryl methyl sites for hydroxylation is 1. The Bertz CT molecular complexity index is 1260. The molecule has 1 amide bonds. The van der Waals surface area contributed by atoms with E-state index in [0.29, 0.717) is 61.6 Å². The first-order valence-electron chi connectivity index (χ1n) is 10.1. The summed E-state index contributed by atoms with van der Waals surface area (Å²) < 4.78 is 10.8. The molecule has 2 aliphatic heterocycles. The molecule has 3 aromatic rings. The lowest BCUT2D eigenvalue weighted by Gasteiger charge is -2.42. The van der Waals surface area contributed by atoms with Crippen LogP contribution in [0.15, 0.2) is 23.4 Å². The topological polar surface area (TPSA) is 131 Å². The van der Waals surface area contributed by atoms with Crippen molar-refractivity contribution in [2.75, 3.05) is 44.3 Å². The van der Waals surface area contributed by atoms with Crippen LogP contribution in [-0.4, -0.2) is 80.2 Å². The van der Waals surface area contributed by atoms with Gasteiger partial charge in [-0.15, -0.1) is 0 Å². The molecule has 11 nitrogen and oxygen atoms in total. The summed E-state index contributed by atoms with van der Waals surface area (Å²) in [5.74, 6) is -0.669. The average molecular weight is 456 g/mol. The number of anilines is 1. The Hall–Kier alpha value is -3.38. The van der Waals surface area contributed by atoms with Gasteiger partial charge in [0.25, 0.3) is 0 Å². The van der Waals surface area contributed by atoms with Crippen molar-refractivity contribution in [2.24, 2.45) is 5.92 Å². The number of aromatic nitrogens is 4.